The Hall–Kier alpha value is -13.9. The maximum atomic E-state index is 15.3. The number of morpholine rings is 3. The Morgan fingerprint density at radius 2 is 0.903 bits per heavy atom. The Bertz CT molecular complexity index is 5650. The SMILES string of the molecule is CC(=O)NC[C@@H]1OC(=O)N(c2ccc(N3CCOCC3)c(F)c2)[C@H]1C=[NH2+].CC(=O)NC[C@@H]1OC(=O)N2c3ccc(-c4ccc(C=[NH2+])nc4)c(F)c3OCC12.CC(=O)NC[C@@H]1OC(=O)N2c3ccc(-c4ccc(C[NH3+])nc4)c(F)c3CC12.CC(=O)NC[C@@H]1OC(=O)N2c3ccc(N4CCO[C@@H](CN)C4)c(F)c3C[C@@H]12.CC(=O)NC[C@@H]1OC(=O)N2c3ccc(N4CCO[C@@H](CN)C4)cc3C[C@@H]12. The largest absolute Gasteiger partial charge is 0.486 e. The van der Waals surface area contributed by atoms with E-state index in [1.165, 1.54) is 78.9 Å². The average molecular weight is 1860 g/mol. The van der Waals surface area contributed by atoms with E-state index < -0.39 is 72.5 Å². The molecule has 8 saturated heterocycles. The summed E-state index contributed by atoms with van der Waals surface area (Å²) in [5, 5.41) is 24.4. The molecule has 19 rings (SSSR count). The first-order chi connectivity index (χ1) is 64.5. The number of hydrogen-bond acceptors (Lipinski definition) is 26. The molecule has 2 unspecified atom stereocenters. The fourth-order valence-electron chi connectivity index (χ4n) is 18.2. The molecule has 2 aromatic heterocycles. The minimum atomic E-state index is -0.640. The number of benzene rings is 5. The number of rotatable bonds is 21. The molecule has 12 atom stereocenters. The highest BCUT2D eigenvalue weighted by atomic mass is 19.1. The molecule has 0 saturated carbocycles. The fraction of sp³-hybridized carbons (Fsp3) is 0.429. The molecule has 14 heterocycles. The van der Waals surface area contributed by atoms with E-state index in [4.69, 9.17) is 64.9 Å². The Kier molecular flexibility index (Phi) is 29.3. The van der Waals surface area contributed by atoms with E-state index in [1.807, 2.05) is 34.1 Å². The molecule has 710 valence electrons. The highest BCUT2D eigenvalue weighted by Gasteiger charge is 2.53. The summed E-state index contributed by atoms with van der Waals surface area (Å²) in [7, 11) is 0. The Morgan fingerprint density at radius 1 is 0.463 bits per heavy atom. The van der Waals surface area contributed by atoms with Crippen molar-refractivity contribution < 1.29 is 125 Å². The number of fused-ring (bicyclic) bond motifs is 12. The zero-order chi connectivity index (χ0) is 95.0. The van der Waals surface area contributed by atoms with E-state index in [1.54, 1.807) is 71.8 Å². The van der Waals surface area contributed by atoms with Crippen LogP contribution in [0.2, 0.25) is 0 Å². The monoisotopic (exact) mass is 1860 g/mol. The standard InChI is InChI=1S/C19H17FN4O4.C19H19FN4O3.C18H23FN4O4.C18H24N4O4.C17H21FN4O4/c1-10(25)22-8-16-15-9-27-18-14(24(15)19(26)28-16)5-4-13(17(18)20)11-2-3-12(6-21)23-7-11;1-10(25)22-9-17-16-6-14-15(24(16)19(26)27-17)5-4-13(18(14)20)11-2-3-12(7-21)23-8-11;1-10(24)21-8-16-15-6-12-13(23(15)18(25)27-16)2-3-14(17(12)19)22-4-5-26-11(7-20)9-22;1-11(23)20-9-17-16-7-12-6-13(21-4-5-25-14(8-19)10-21)2-3-15(12)22(16)18(24)26-17;1-11(23)20-10-16-15(9-19)22(17(24)26-16)12-2-3-14(13(18)8-12)21-4-6-25-7-5-21/h2-7,15-16,21H,8-9H2,1H3,(H,22,25);2-5,8,16-17H,6-7,9,21H2,1H3,(H,22,25);2-3,11,15-16H,4-9,20H2,1H3,(H,21,24);2-3,6,14,16-17H,4-5,7-10,19H2,1H3,(H,20,23);2-3,8-9,15-16,19H,4-7,10H2,1H3,(H,20,23)/p+3/t15?,16-;16?,17-;11-,15-,16-;14-,16-,17-;15-,16-/m00000/s1. The van der Waals surface area contributed by atoms with Gasteiger partial charge in [0.1, 0.15) is 60.9 Å². The molecule has 12 aliphatic heterocycles. The number of hydrogen-bond donors (Lipinski definition) is 10. The molecule has 16 N–H and O–H groups in total. The molecule has 12 aliphatic rings. The van der Waals surface area contributed by atoms with Gasteiger partial charge in [0.05, 0.1) is 135 Å². The van der Waals surface area contributed by atoms with Crippen LogP contribution >= 0.6 is 0 Å². The van der Waals surface area contributed by atoms with Crippen LogP contribution in [0.5, 0.6) is 5.75 Å². The van der Waals surface area contributed by atoms with Gasteiger partial charge in [0.2, 0.25) is 29.5 Å². The summed E-state index contributed by atoms with van der Waals surface area (Å²) in [5.74, 6) is -2.69. The van der Waals surface area contributed by atoms with Gasteiger partial charge in [-0.3, -0.25) is 64.3 Å². The summed E-state index contributed by atoms with van der Waals surface area (Å²) >= 11 is 0. The van der Waals surface area contributed by atoms with Gasteiger partial charge >= 0.3 is 30.5 Å². The van der Waals surface area contributed by atoms with Crippen LogP contribution < -0.4 is 98.5 Å². The second-order valence-electron chi connectivity index (χ2n) is 33.4. The van der Waals surface area contributed by atoms with Crippen molar-refractivity contribution in [3.05, 3.63) is 161 Å². The molecular formula is C91H107F4N20O19+3. The zero-order valence-electron chi connectivity index (χ0n) is 74.3. The summed E-state index contributed by atoms with van der Waals surface area (Å²) < 4.78 is 109. The predicted octanol–water partition coefficient (Wildman–Crippen LogP) is 1.24. The van der Waals surface area contributed by atoms with Crippen molar-refractivity contribution in [1.29, 1.82) is 0 Å². The fourth-order valence-corrected chi connectivity index (χ4v) is 18.2. The van der Waals surface area contributed by atoms with Crippen LogP contribution in [0.4, 0.5) is 87.0 Å². The highest BCUT2D eigenvalue weighted by Crippen LogP contribution is 2.48. The van der Waals surface area contributed by atoms with Crippen molar-refractivity contribution >= 4 is 118 Å². The van der Waals surface area contributed by atoms with Crippen LogP contribution in [-0.2, 0) is 87.7 Å². The van der Waals surface area contributed by atoms with Crippen LogP contribution in [-0.4, -0.2) is 273 Å². The quantitative estimate of drug-likeness (QED) is 0.0275. The van der Waals surface area contributed by atoms with Crippen molar-refractivity contribution in [2.45, 2.75) is 133 Å². The predicted molar refractivity (Wildman–Crippen MR) is 478 cm³/mol. The number of cyclic esters (lactones) is 5. The second-order valence-corrected chi connectivity index (χ2v) is 33.4. The van der Waals surface area contributed by atoms with Gasteiger partial charge in [0, 0.05) is 151 Å². The number of carbonyl (C=O) groups is 10. The number of nitrogens with two attached hydrogens (primary N) is 4. The van der Waals surface area contributed by atoms with Crippen molar-refractivity contribution in [3.8, 4) is 28.0 Å². The molecule has 5 aromatic carbocycles. The maximum Gasteiger partial charge on any atom is 0.415 e. The number of aromatic nitrogens is 2. The van der Waals surface area contributed by atoms with Crippen LogP contribution in [0.1, 0.15) is 62.7 Å². The summed E-state index contributed by atoms with van der Waals surface area (Å²) in [6, 6.07) is 26.1. The normalized spacial score (nSPS) is 23.3. The van der Waals surface area contributed by atoms with E-state index in [0.29, 0.717) is 165 Å². The number of nitrogens with zero attached hydrogens (tertiary/aromatic N) is 10. The molecule has 0 radical (unpaired) electrons. The highest BCUT2D eigenvalue weighted by molar-refractivity contribution is 5.99. The summed E-state index contributed by atoms with van der Waals surface area (Å²) in [6.45, 7) is 15.8. The van der Waals surface area contributed by atoms with Gasteiger partial charge in [0.15, 0.2) is 42.0 Å². The van der Waals surface area contributed by atoms with Crippen LogP contribution in [0.25, 0.3) is 22.3 Å². The van der Waals surface area contributed by atoms with Gasteiger partial charge in [-0.15, -0.1) is 0 Å². The molecule has 7 aromatic rings. The Morgan fingerprint density at radius 3 is 1.42 bits per heavy atom. The third-order valence-electron chi connectivity index (χ3n) is 24.9. The average Bonchev–Trinajstić information content (AvgIpc) is 1.01. The van der Waals surface area contributed by atoms with Crippen LogP contribution in [0.3, 0.4) is 0 Å². The number of pyridine rings is 2. The smallest absolute Gasteiger partial charge is 0.415 e. The first kappa shape index (κ1) is 94.8. The van der Waals surface area contributed by atoms with Crippen LogP contribution in [0, 0.1) is 23.3 Å². The number of carbonyl (C=O) groups excluding carboxylic acids is 10. The van der Waals surface area contributed by atoms with Gasteiger partial charge in [-0.25, -0.2) is 46.5 Å². The van der Waals surface area contributed by atoms with E-state index >= 15 is 13.2 Å². The van der Waals surface area contributed by atoms with Gasteiger partial charge in [0.25, 0.3) is 0 Å². The van der Waals surface area contributed by atoms with Gasteiger partial charge in [-0.1, -0.05) is 12.1 Å². The number of halogens is 4. The summed E-state index contributed by atoms with van der Waals surface area (Å²) in [6.07, 6.45) is 2.05. The number of quaternary nitrogens is 1. The van der Waals surface area contributed by atoms with Crippen LogP contribution in [0.15, 0.2) is 109 Å². The third-order valence-corrected chi connectivity index (χ3v) is 24.9. The number of ether oxygens (including phenoxy) is 9. The lowest BCUT2D eigenvalue weighted by Gasteiger charge is -2.34. The van der Waals surface area contributed by atoms with Crippen molar-refractivity contribution in [1.82, 2.24) is 36.6 Å². The van der Waals surface area contributed by atoms with Crippen molar-refractivity contribution in [2.24, 2.45) is 11.5 Å². The lowest BCUT2D eigenvalue weighted by molar-refractivity contribution is -0.387. The van der Waals surface area contributed by atoms with Gasteiger partial charge in [-0.2, -0.15) is 0 Å². The minimum absolute atomic E-state index is 0.0136. The van der Waals surface area contributed by atoms with E-state index in [-0.39, 0.29) is 122 Å². The third kappa shape index (κ3) is 20.2. The lowest BCUT2D eigenvalue weighted by atomic mass is 9.99. The second kappa shape index (κ2) is 41.5. The molecule has 43 heteroatoms. The minimum Gasteiger partial charge on any atom is -0.486 e. The first-order valence-electron chi connectivity index (χ1n) is 44.0. The Labute approximate surface area is 766 Å². The first-order valence-corrected chi connectivity index (χ1v) is 44.0. The molecule has 10 amide bonds. The Balaban J connectivity index is 0.000000128. The maximum absolute atomic E-state index is 15.3. The van der Waals surface area contributed by atoms with Crippen molar-refractivity contribution in [3.63, 3.8) is 0 Å². The number of anilines is 8. The summed E-state index contributed by atoms with van der Waals surface area (Å²) in [4.78, 5) is 139. The molecular weight excluding hydrogens is 1750 g/mol. The summed E-state index contributed by atoms with van der Waals surface area (Å²) in [5.41, 5.74) is 25.4. The molecule has 0 aliphatic carbocycles. The molecule has 0 spiro atoms. The topological polar surface area (TPSA) is 496 Å². The van der Waals surface area contributed by atoms with E-state index in [9.17, 15) is 52.3 Å². The molecule has 0 bridgehead atoms. The zero-order valence-corrected chi connectivity index (χ0v) is 74.3. The molecule has 8 fully saturated rings. The van der Waals surface area contributed by atoms with Gasteiger partial charge < -0.3 is 101 Å². The van der Waals surface area contributed by atoms with Crippen molar-refractivity contribution in [2.75, 3.05) is 157 Å². The number of amides is 10. The molecule has 39 nitrogen and oxygen atoms in total. The molecule has 134 heavy (non-hydrogen) atoms. The van der Waals surface area contributed by atoms with E-state index in [0.717, 1.165) is 42.1 Å². The van der Waals surface area contributed by atoms with Gasteiger partial charge in [-0.05, 0) is 96.9 Å². The lowest BCUT2D eigenvalue weighted by Crippen LogP contribution is -2.50. The van der Waals surface area contributed by atoms with E-state index in [2.05, 4.69) is 53.3 Å². The number of nitrogens with one attached hydrogen (secondary N) is 5.